The summed E-state index contributed by atoms with van der Waals surface area (Å²) in [6.45, 7) is 12.5. The van der Waals surface area contributed by atoms with Crippen LogP contribution in [0.15, 0.2) is 52.5 Å². The van der Waals surface area contributed by atoms with E-state index in [-0.39, 0.29) is 120 Å². The number of nitrogens with one attached hydrogen (secondary N) is 2. The maximum Gasteiger partial charge on any atom is 0.418 e. The van der Waals surface area contributed by atoms with Crippen LogP contribution in [0.2, 0.25) is 5.02 Å². The van der Waals surface area contributed by atoms with Gasteiger partial charge in [-0.05, 0) is 99.3 Å². The number of halogens is 5. The van der Waals surface area contributed by atoms with Crippen molar-refractivity contribution in [3.8, 4) is 33.6 Å². The number of likely N-dealkylation sites (tertiary alicyclic amines) is 2. The molecule has 0 radical (unpaired) electrons. The SMILES string of the molecule is Cc1cc(N)nc(-c2c(Cl)cc3c(N4CC5CCC(C4)N5)nc(OC[C@@H]4CCCN4CCCOCCOc4cc([C@H](C(=O)N5C[C@H](O)C[C@H]5C(=O)N[C@@H](C)c5ccc(-c6scnc6C)cc5)C(C)C)on4)nc3c2F)c1C(F)(F)F. The van der Waals surface area contributed by atoms with Crippen LogP contribution in [0.5, 0.6) is 11.9 Å². The molecule has 0 aliphatic carbocycles. The van der Waals surface area contributed by atoms with Crippen LogP contribution in [0.3, 0.4) is 0 Å². The molecule has 6 aromatic rings. The third kappa shape index (κ3) is 12.3. The Morgan fingerprint density at radius 1 is 1.00 bits per heavy atom. The van der Waals surface area contributed by atoms with Crippen molar-refractivity contribution in [1.82, 2.24) is 45.5 Å². The van der Waals surface area contributed by atoms with E-state index in [1.165, 1.54) is 17.9 Å². The Morgan fingerprint density at radius 3 is 2.48 bits per heavy atom. The molecule has 428 valence electrons. The van der Waals surface area contributed by atoms with Crippen molar-refractivity contribution >= 4 is 57.3 Å². The standard InChI is InChI=1S/C56H66ClF4N11O7S/c1-29(2)45(54(75)72-26-38(73)21-41(72)53(74)64-31(4)33-9-11-34(12-10-33)51-32(5)63-28-80-51)42-23-44(69-79-42)77-19-18-76-17-7-16-70-15-6-8-37(70)27-78-55-67-49-39(52(68-55)71-24-35-13-14-36(25-71)65-35)22-40(57)46(48(49)58)50-47(56(59,60)61)30(3)20-43(62)66-50/h9-12,20,22-23,28-29,31,35-38,41,45,65,73H,6-8,13-19,21,24-27H2,1-5H3,(H2,62,66)(H,64,74)/t31-,35?,36?,37-,38+,41-,45+/m0/s1. The lowest BCUT2D eigenvalue weighted by atomic mass is 9.91. The van der Waals surface area contributed by atoms with Gasteiger partial charge in [-0.2, -0.15) is 23.1 Å². The number of ether oxygens (including phenoxy) is 3. The number of aliphatic hydroxyl groups is 1. The van der Waals surface area contributed by atoms with Gasteiger partial charge in [-0.25, -0.2) is 14.4 Å². The van der Waals surface area contributed by atoms with Crippen LogP contribution in [0.4, 0.5) is 29.2 Å². The number of nitrogens with zero attached hydrogens (tertiary/aromatic N) is 8. The van der Waals surface area contributed by atoms with Gasteiger partial charge in [-0.15, -0.1) is 11.3 Å². The summed E-state index contributed by atoms with van der Waals surface area (Å²) >= 11 is 8.26. The van der Waals surface area contributed by atoms with Gasteiger partial charge in [-0.1, -0.05) is 49.7 Å². The van der Waals surface area contributed by atoms with Gasteiger partial charge in [0.2, 0.25) is 11.8 Å². The zero-order chi connectivity index (χ0) is 56.6. The number of thiazole rings is 1. The van der Waals surface area contributed by atoms with Gasteiger partial charge in [-0.3, -0.25) is 14.5 Å². The summed E-state index contributed by atoms with van der Waals surface area (Å²) < 4.78 is 84.2. The number of aliphatic hydroxyl groups excluding tert-OH is 1. The van der Waals surface area contributed by atoms with Crippen LogP contribution in [0.1, 0.15) is 99.4 Å². The molecule has 7 atom stereocenters. The van der Waals surface area contributed by atoms with E-state index in [1.54, 1.807) is 17.4 Å². The van der Waals surface area contributed by atoms with E-state index in [0.29, 0.717) is 38.5 Å². The number of aromatic nitrogens is 5. The van der Waals surface area contributed by atoms with Crippen molar-refractivity contribution in [1.29, 1.82) is 0 Å². The normalized spacial score (nSPS) is 21.2. The van der Waals surface area contributed by atoms with Gasteiger partial charge < -0.3 is 50.0 Å². The molecule has 2 amide bonds. The molecule has 5 N–H and O–H groups in total. The summed E-state index contributed by atoms with van der Waals surface area (Å²) in [7, 11) is 0. The fraction of sp³-hybridized carbons (Fsp3) is 0.518. The molecule has 10 rings (SSSR count). The van der Waals surface area contributed by atoms with Gasteiger partial charge in [0.05, 0.1) is 56.7 Å². The Morgan fingerprint density at radius 2 is 1.76 bits per heavy atom. The van der Waals surface area contributed by atoms with Crippen molar-refractivity contribution in [2.75, 3.05) is 69.8 Å². The molecule has 0 spiro atoms. The predicted octanol–water partition coefficient (Wildman–Crippen LogP) is 8.66. The molecule has 2 bridgehead atoms. The summed E-state index contributed by atoms with van der Waals surface area (Å²) in [6, 6.07) is 11.0. The third-order valence-corrected chi connectivity index (χ3v) is 16.9. The van der Waals surface area contributed by atoms with Crippen LogP contribution >= 0.6 is 22.9 Å². The maximum absolute atomic E-state index is 17.0. The lowest BCUT2D eigenvalue weighted by Gasteiger charge is -2.34. The molecule has 4 fully saturated rings. The number of carbonyl (C=O) groups is 2. The van der Waals surface area contributed by atoms with Gasteiger partial charge in [0.1, 0.15) is 42.3 Å². The van der Waals surface area contributed by atoms with E-state index in [4.69, 9.17) is 41.1 Å². The second-order valence-electron chi connectivity index (χ2n) is 21.7. The number of piperazine rings is 1. The molecule has 4 saturated heterocycles. The largest absolute Gasteiger partial charge is 0.473 e. The van der Waals surface area contributed by atoms with E-state index >= 15 is 4.39 Å². The number of nitrogens with two attached hydrogens (primary N) is 1. The molecule has 24 heteroatoms. The Kier molecular flexibility index (Phi) is 17.2. The summed E-state index contributed by atoms with van der Waals surface area (Å²) in [5.41, 5.74) is 7.74. The molecule has 2 aromatic carbocycles. The average Bonchev–Trinajstić information content (AvgIpc) is 4.30. The fourth-order valence-electron chi connectivity index (χ4n) is 11.7. The number of carbonyl (C=O) groups excluding carboxylic acids is 2. The van der Waals surface area contributed by atoms with Crippen molar-refractivity contribution in [2.24, 2.45) is 5.92 Å². The van der Waals surface area contributed by atoms with Crippen molar-refractivity contribution in [2.45, 2.75) is 122 Å². The molecular formula is C56H66ClF4N11O7S. The van der Waals surface area contributed by atoms with Gasteiger partial charge in [0.25, 0.3) is 5.88 Å². The highest BCUT2D eigenvalue weighted by Crippen LogP contribution is 2.45. The zero-order valence-corrected chi connectivity index (χ0v) is 46.8. The molecule has 4 aromatic heterocycles. The Labute approximate surface area is 469 Å². The van der Waals surface area contributed by atoms with Crippen LogP contribution in [0, 0.1) is 25.6 Å². The second kappa shape index (κ2) is 24.1. The van der Waals surface area contributed by atoms with Crippen LogP contribution < -0.4 is 30.7 Å². The number of rotatable bonds is 20. The van der Waals surface area contributed by atoms with Crippen LogP contribution in [-0.4, -0.2) is 141 Å². The Balaban J connectivity index is 0.718. The van der Waals surface area contributed by atoms with E-state index in [2.05, 4.69) is 35.6 Å². The topological polar surface area (TPSA) is 219 Å². The summed E-state index contributed by atoms with van der Waals surface area (Å²) in [4.78, 5) is 52.4. The molecule has 4 aliphatic heterocycles. The van der Waals surface area contributed by atoms with Crippen molar-refractivity contribution < 1.29 is 51.0 Å². The van der Waals surface area contributed by atoms with Crippen molar-refractivity contribution in [3.05, 3.63) is 87.0 Å². The van der Waals surface area contributed by atoms with E-state index < -0.39 is 46.9 Å². The first-order chi connectivity index (χ1) is 38.3. The van der Waals surface area contributed by atoms with Gasteiger partial charge in [0.15, 0.2) is 11.6 Å². The molecular weight excluding hydrogens is 1080 g/mol. The quantitative estimate of drug-likeness (QED) is 0.0415. The number of β-amino-alcohol motifs (C(OH)–C–C–N with tert-alkyl or cyclic N) is 1. The van der Waals surface area contributed by atoms with Gasteiger partial charge in [0, 0.05) is 68.8 Å². The van der Waals surface area contributed by atoms with Crippen LogP contribution in [0.25, 0.3) is 32.6 Å². The first-order valence-corrected chi connectivity index (χ1v) is 28.5. The number of alkyl halides is 3. The highest BCUT2D eigenvalue weighted by Gasteiger charge is 2.44. The first-order valence-electron chi connectivity index (χ1n) is 27.2. The monoisotopic (exact) mass is 1150 g/mol. The minimum atomic E-state index is -4.88. The number of anilines is 2. The minimum Gasteiger partial charge on any atom is -0.473 e. The lowest BCUT2D eigenvalue weighted by Crippen LogP contribution is -2.51. The third-order valence-electron chi connectivity index (χ3n) is 15.6. The number of hydrogen-bond acceptors (Lipinski definition) is 17. The predicted molar refractivity (Wildman–Crippen MR) is 294 cm³/mol. The molecule has 2 unspecified atom stereocenters. The summed E-state index contributed by atoms with van der Waals surface area (Å²) in [6.07, 6.45) is -1.28. The molecule has 4 aliphatic rings. The summed E-state index contributed by atoms with van der Waals surface area (Å²) in [5.74, 6) is -2.20. The number of nitrogen functional groups attached to an aromatic ring is 1. The molecule has 80 heavy (non-hydrogen) atoms. The number of aryl methyl sites for hydroxylation is 2. The molecule has 0 saturated carbocycles. The average molecular weight is 1150 g/mol. The first kappa shape index (κ1) is 57.0. The second-order valence-corrected chi connectivity index (χ2v) is 22.9. The smallest absolute Gasteiger partial charge is 0.418 e. The summed E-state index contributed by atoms with van der Waals surface area (Å²) in [5, 5.41) is 21.4. The van der Waals surface area contributed by atoms with E-state index in [9.17, 15) is 27.9 Å². The van der Waals surface area contributed by atoms with Crippen LogP contribution in [-0.2, 0) is 20.5 Å². The number of pyridine rings is 1. The van der Waals surface area contributed by atoms with E-state index in [1.807, 2.05) is 62.4 Å². The fourth-order valence-corrected chi connectivity index (χ4v) is 12.8. The van der Waals surface area contributed by atoms with Crippen molar-refractivity contribution in [3.63, 3.8) is 0 Å². The highest BCUT2D eigenvalue weighted by atomic mass is 35.5. The highest BCUT2D eigenvalue weighted by molar-refractivity contribution is 7.13. The number of benzene rings is 2. The molecule has 18 nitrogen and oxygen atoms in total. The maximum atomic E-state index is 17.0. The van der Waals surface area contributed by atoms with E-state index in [0.717, 1.165) is 60.0 Å². The lowest BCUT2D eigenvalue weighted by molar-refractivity contribution is -0.141. The zero-order valence-electron chi connectivity index (χ0n) is 45.2. The Bertz CT molecular complexity index is 3190. The number of amides is 2. The minimum absolute atomic E-state index is 0.00380. The number of hydrogen-bond donors (Lipinski definition) is 4. The Hall–Kier alpha value is -6.24. The van der Waals surface area contributed by atoms with Gasteiger partial charge >= 0.3 is 12.2 Å². The molecule has 8 heterocycles. The number of fused-ring (bicyclic) bond motifs is 3.